The Hall–Kier alpha value is 0.0112. The summed E-state index contributed by atoms with van der Waals surface area (Å²) in [6, 6.07) is 0. The second-order valence-electron chi connectivity index (χ2n) is 11.0. The van der Waals surface area contributed by atoms with Crippen LogP contribution in [-0.4, -0.2) is 19.5 Å². The number of hydrogen-bond acceptors (Lipinski definition) is 1. The smallest absolute Gasteiger partial charge is 0.0557 e. The van der Waals surface area contributed by atoms with Crippen LogP contribution in [0.4, 0.5) is 0 Å². The zero-order valence-corrected chi connectivity index (χ0v) is 18.0. The average molecular weight is 382 g/mol. The third-order valence-electron chi connectivity index (χ3n) is 11.9. The molecular formula is C21H24NOSiTi-. The van der Waals surface area contributed by atoms with Crippen LogP contribution in [0.1, 0.15) is 47.0 Å². The molecule has 1 N–H and O–H groups in total. The molecule has 0 aromatic rings. The minimum atomic E-state index is -0.518. The van der Waals surface area contributed by atoms with Crippen molar-refractivity contribution in [2.75, 3.05) is 0 Å². The van der Waals surface area contributed by atoms with Crippen molar-refractivity contribution in [1.29, 1.82) is 0 Å². The van der Waals surface area contributed by atoms with E-state index >= 15 is 0 Å². The van der Waals surface area contributed by atoms with Gasteiger partial charge in [-0.05, 0) is 90.5 Å². The van der Waals surface area contributed by atoms with E-state index in [0.29, 0.717) is 16.2 Å². The minimum Gasteiger partial charge on any atom is -0.667 e. The van der Waals surface area contributed by atoms with Crippen LogP contribution in [0, 0.1) is 44.8 Å². The van der Waals surface area contributed by atoms with E-state index < -0.39 is 8.41 Å². The maximum absolute atomic E-state index is 12.5. The topological polar surface area (TPSA) is 40.9 Å². The second-order valence-corrected chi connectivity index (χ2v) is 14.1. The summed E-state index contributed by atoms with van der Waals surface area (Å²) < 4.78 is 0. The molecule has 128 valence electrons. The number of nitrogens with one attached hydrogen (secondary N) is 1. The Bertz CT molecular complexity index is 954. The molecule has 1 aliphatic heterocycles. The van der Waals surface area contributed by atoms with Gasteiger partial charge in [0.05, 0.1) is 5.91 Å². The summed E-state index contributed by atoms with van der Waals surface area (Å²) in [7, 11) is -0.518. The molecule has 0 aromatic carbocycles. The molecule has 9 saturated carbocycles. The van der Waals surface area contributed by atoms with E-state index in [0.717, 1.165) is 47.1 Å². The quantitative estimate of drug-likeness (QED) is 0.666. The molecule has 1 heterocycles. The van der Waals surface area contributed by atoms with Crippen LogP contribution in [-0.2, 0) is 26.5 Å². The van der Waals surface area contributed by atoms with Gasteiger partial charge in [0, 0.05) is 35.5 Å². The summed E-state index contributed by atoms with van der Waals surface area (Å²) in [5, 5.41) is 1.77. The van der Waals surface area contributed by atoms with E-state index in [9.17, 15) is 4.79 Å². The molecule has 10 rings (SSSR count). The van der Waals surface area contributed by atoms with E-state index in [4.69, 9.17) is 5.73 Å². The largest absolute Gasteiger partial charge is 0.667 e. The van der Waals surface area contributed by atoms with Gasteiger partial charge >= 0.3 is 0 Å². The van der Waals surface area contributed by atoms with E-state index in [1.54, 1.807) is 16.3 Å². The number of rotatable bonds is 2. The van der Waals surface area contributed by atoms with Crippen LogP contribution in [0.5, 0.6) is 0 Å². The van der Waals surface area contributed by atoms with Crippen molar-refractivity contribution in [2.24, 2.45) is 44.8 Å². The second kappa shape index (κ2) is 3.20. The number of amides is 1. The summed E-state index contributed by atoms with van der Waals surface area (Å²) in [6.45, 7) is 9.70. The van der Waals surface area contributed by atoms with E-state index in [2.05, 4.69) is 27.7 Å². The summed E-state index contributed by atoms with van der Waals surface area (Å²) in [6.07, 6.45) is 3.72. The molecule has 4 heteroatoms. The third-order valence-corrected chi connectivity index (χ3v) is 16.2. The van der Waals surface area contributed by atoms with Crippen molar-refractivity contribution >= 4 is 19.5 Å². The first-order valence-electron chi connectivity index (χ1n) is 9.98. The maximum atomic E-state index is 12.5. The molecule has 2 nitrogen and oxygen atoms in total. The first kappa shape index (κ1) is 15.0. The summed E-state index contributed by atoms with van der Waals surface area (Å²) >= 11 is 0. The molecule has 10 atom stereocenters. The van der Waals surface area contributed by atoms with Crippen molar-refractivity contribution in [3.8, 4) is 0 Å². The molecule has 6 bridgehead atoms. The van der Waals surface area contributed by atoms with Gasteiger partial charge in [-0.15, -0.1) is 0 Å². The SMILES string of the molecule is CC1=C(C)C(C)[Si](C2C3CC4(C([NH-])=O)CC25C2C46C4C6(C3)C245)=C1C.[Ti]. The van der Waals surface area contributed by atoms with Gasteiger partial charge in [-0.1, -0.05) is 23.2 Å². The first-order valence-corrected chi connectivity index (χ1v) is 11.6. The number of hydrogen-bond donors (Lipinski definition) is 0. The molecule has 9 fully saturated rings. The van der Waals surface area contributed by atoms with Gasteiger partial charge in [0.2, 0.25) is 0 Å². The molecule has 0 radical (unpaired) electrons. The zero-order chi connectivity index (χ0) is 16.4. The Morgan fingerprint density at radius 3 is 2.48 bits per heavy atom. The third kappa shape index (κ3) is 0.781. The molecule has 10 unspecified atom stereocenters. The number of carbonyl (C=O) groups excluding carboxylic acids is 1. The van der Waals surface area contributed by atoms with Crippen molar-refractivity contribution in [3.05, 3.63) is 16.9 Å². The normalized spacial score (nSPS) is 70.0. The molecule has 10 aliphatic rings. The van der Waals surface area contributed by atoms with E-state index in [1.165, 1.54) is 6.42 Å². The molecule has 4 spiro atoms. The van der Waals surface area contributed by atoms with E-state index in [-0.39, 0.29) is 33.0 Å². The van der Waals surface area contributed by atoms with Gasteiger partial charge in [0.1, 0.15) is 0 Å². The van der Waals surface area contributed by atoms with Crippen LogP contribution in [0.25, 0.3) is 5.73 Å². The van der Waals surface area contributed by atoms with Gasteiger partial charge in [-0.3, -0.25) is 0 Å². The fourth-order valence-corrected chi connectivity index (χ4v) is 16.7. The standard InChI is InChI=1S/C21H25NOSi.Ti/c1-8-9(2)11(4)24(10(8)3)13-12-5-17(16(22)23)7-18(13)14-20(17)15-19(20,6-12)21(14,15)18;/h10,12-15H,5-7H2,1-4H3,(H2,22,23);/p-1. The van der Waals surface area contributed by atoms with Crippen LogP contribution < -0.4 is 0 Å². The molecule has 0 aromatic heterocycles. The van der Waals surface area contributed by atoms with Crippen LogP contribution in [0.2, 0.25) is 11.1 Å². The molecule has 1 amide bonds. The maximum Gasteiger partial charge on any atom is 0.0557 e. The van der Waals surface area contributed by atoms with Crippen molar-refractivity contribution in [2.45, 2.75) is 58.0 Å². The van der Waals surface area contributed by atoms with Crippen LogP contribution in [0.3, 0.4) is 0 Å². The Balaban J connectivity index is 0.00000120. The Labute approximate surface area is 165 Å². The van der Waals surface area contributed by atoms with Gasteiger partial charge in [0.15, 0.2) is 0 Å². The van der Waals surface area contributed by atoms with Crippen LogP contribution >= 0.6 is 0 Å². The Kier molecular flexibility index (Phi) is 1.92. The average Bonchev–Trinajstić information content (AvgIpc) is 3.33. The van der Waals surface area contributed by atoms with Crippen molar-refractivity contribution in [3.63, 3.8) is 0 Å². The number of allylic oxidation sites excluding steroid dienone is 2. The summed E-state index contributed by atoms with van der Waals surface area (Å²) in [4.78, 5) is 12.5. The minimum absolute atomic E-state index is 0. The van der Waals surface area contributed by atoms with Gasteiger partial charge < -0.3 is 10.5 Å². The predicted octanol–water partition coefficient (Wildman–Crippen LogP) is 3.99. The Morgan fingerprint density at radius 1 is 1.16 bits per heavy atom. The number of carbonyl (C=O) groups is 1. The zero-order valence-electron chi connectivity index (χ0n) is 15.4. The molecule has 25 heavy (non-hydrogen) atoms. The van der Waals surface area contributed by atoms with Gasteiger partial charge in [-0.25, -0.2) is 0 Å². The van der Waals surface area contributed by atoms with Crippen molar-refractivity contribution in [1.82, 2.24) is 0 Å². The summed E-state index contributed by atoms with van der Waals surface area (Å²) in [5.74, 6) is 2.47. The molecule has 0 saturated heterocycles. The molecular weight excluding hydrogens is 358 g/mol. The molecule has 9 aliphatic carbocycles. The fourth-order valence-electron chi connectivity index (χ4n) is 11.9. The van der Waals surface area contributed by atoms with Gasteiger partial charge in [-0.2, -0.15) is 0 Å². The van der Waals surface area contributed by atoms with E-state index in [1.807, 2.05) is 0 Å². The van der Waals surface area contributed by atoms with Crippen LogP contribution in [0.15, 0.2) is 11.1 Å². The monoisotopic (exact) mass is 382 g/mol. The fraction of sp³-hybridized carbons (Fsp3) is 0.810. The first-order chi connectivity index (χ1) is 11.3. The predicted molar refractivity (Wildman–Crippen MR) is 93.8 cm³/mol. The van der Waals surface area contributed by atoms with Crippen molar-refractivity contribution < 1.29 is 26.5 Å². The summed E-state index contributed by atoms with van der Waals surface area (Å²) in [5.41, 5.74) is 15.4. The van der Waals surface area contributed by atoms with Gasteiger partial charge in [0.25, 0.3) is 0 Å². The Morgan fingerprint density at radius 2 is 1.88 bits per heavy atom.